The van der Waals surface area contributed by atoms with E-state index in [9.17, 15) is 4.79 Å². The lowest BCUT2D eigenvalue weighted by Gasteiger charge is -2.33. The summed E-state index contributed by atoms with van der Waals surface area (Å²) in [5.41, 5.74) is -0.731. The van der Waals surface area contributed by atoms with E-state index >= 15 is 0 Å². The molecular formula is C14H23NO3. The lowest BCUT2D eigenvalue weighted by molar-refractivity contribution is -0.00967. The van der Waals surface area contributed by atoms with Crippen LogP contribution in [0, 0.1) is 0 Å². The van der Waals surface area contributed by atoms with Crippen LogP contribution in [0.25, 0.3) is 0 Å². The van der Waals surface area contributed by atoms with Gasteiger partial charge in [0.2, 0.25) is 0 Å². The van der Waals surface area contributed by atoms with Crippen LogP contribution in [0.5, 0.6) is 0 Å². The Kier molecular flexibility index (Phi) is 3.41. The highest BCUT2D eigenvalue weighted by Crippen LogP contribution is 2.45. The summed E-state index contributed by atoms with van der Waals surface area (Å²) in [6.07, 6.45) is 5.88. The van der Waals surface area contributed by atoms with Gasteiger partial charge in [0.05, 0.1) is 17.7 Å². The van der Waals surface area contributed by atoms with Crippen molar-refractivity contribution in [2.75, 3.05) is 0 Å². The van der Waals surface area contributed by atoms with Crippen molar-refractivity contribution in [3.63, 3.8) is 0 Å². The van der Waals surface area contributed by atoms with Crippen LogP contribution < -0.4 is 5.32 Å². The van der Waals surface area contributed by atoms with Crippen molar-refractivity contribution in [3.8, 4) is 0 Å². The van der Waals surface area contributed by atoms with Gasteiger partial charge in [-0.3, -0.25) is 0 Å². The molecule has 2 bridgehead atoms. The molecule has 0 aromatic carbocycles. The maximum Gasteiger partial charge on any atom is 0.408 e. The average Bonchev–Trinajstić information content (AvgIpc) is 2.84. The first-order valence-electron chi connectivity index (χ1n) is 6.64. The Bertz CT molecular complexity index is 337. The van der Waals surface area contributed by atoms with Crippen molar-refractivity contribution in [1.29, 1.82) is 0 Å². The minimum atomic E-state index is -0.484. The molecule has 0 aromatic rings. The summed E-state index contributed by atoms with van der Waals surface area (Å²) in [5, 5.41) is 2.88. The van der Waals surface area contributed by atoms with E-state index in [1.165, 1.54) is 0 Å². The number of alkyl carbamates (subject to hydrolysis) is 1. The van der Waals surface area contributed by atoms with Crippen LogP contribution in [0.4, 0.5) is 4.79 Å². The van der Waals surface area contributed by atoms with Crippen LogP contribution in [-0.2, 0) is 9.47 Å². The monoisotopic (exact) mass is 253 g/mol. The standard InChI is InChI=1S/C14H23NO3/c1-5-11(15-12(16)18-13(2,3)4)14-8-6-10(17-14)7-9-14/h5,10-11H,1,6-9H2,2-4H3,(H,15,16). The maximum atomic E-state index is 11.8. The topological polar surface area (TPSA) is 47.6 Å². The highest BCUT2D eigenvalue weighted by molar-refractivity contribution is 5.68. The van der Waals surface area contributed by atoms with Gasteiger partial charge in [-0.15, -0.1) is 6.58 Å². The molecule has 18 heavy (non-hydrogen) atoms. The Hall–Kier alpha value is -1.03. The number of hydrogen-bond donors (Lipinski definition) is 1. The molecule has 102 valence electrons. The molecule has 0 aromatic heterocycles. The zero-order valence-corrected chi connectivity index (χ0v) is 11.5. The van der Waals surface area contributed by atoms with E-state index in [4.69, 9.17) is 9.47 Å². The van der Waals surface area contributed by atoms with Gasteiger partial charge in [-0.1, -0.05) is 6.08 Å². The third kappa shape index (κ3) is 2.69. The van der Waals surface area contributed by atoms with Crippen molar-refractivity contribution >= 4 is 6.09 Å². The summed E-state index contributed by atoms with van der Waals surface area (Å²) >= 11 is 0. The fourth-order valence-electron chi connectivity index (χ4n) is 2.87. The quantitative estimate of drug-likeness (QED) is 0.787. The summed E-state index contributed by atoms with van der Waals surface area (Å²) in [6.45, 7) is 9.37. The second-order valence-corrected chi connectivity index (χ2v) is 6.24. The Morgan fingerprint density at radius 1 is 1.50 bits per heavy atom. The second-order valence-electron chi connectivity index (χ2n) is 6.24. The number of carbonyl (C=O) groups is 1. The van der Waals surface area contributed by atoms with Gasteiger partial charge in [0, 0.05) is 0 Å². The van der Waals surface area contributed by atoms with E-state index in [-0.39, 0.29) is 11.6 Å². The zero-order chi connectivity index (χ0) is 13.4. The molecule has 2 aliphatic rings. The van der Waals surface area contributed by atoms with Gasteiger partial charge < -0.3 is 14.8 Å². The van der Waals surface area contributed by atoms with Crippen LogP contribution in [0.3, 0.4) is 0 Å². The van der Waals surface area contributed by atoms with E-state index in [1.54, 1.807) is 6.08 Å². The van der Waals surface area contributed by atoms with Gasteiger partial charge in [0.1, 0.15) is 5.60 Å². The number of rotatable bonds is 3. The number of ether oxygens (including phenoxy) is 2. The molecule has 2 rings (SSSR count). The predicted molar refractivity (Wildman–Crippen MR) is 69.4 cm³/mol. The summed E-state index contributed by atoms with van der Waals surface area (Å²) in [7, 11) is 0. The first kappa shape index (κ1) is 13.4. The molecule has 1 unspecified atom stereocenters. The molecule has 2 aliphatic heterocycles. The van der Waals surface area contributed by atoms with Crippen molar-refractivity contribution < 1.29 is 14.3 Å². The second kappa shape index (κ2) is 4.57. The lowest BCUT2D eigenvalue weighted by Crippen LogP contribution is -2.51. The molecule has 2 saturated heterocycles. The number of amides is 1. The molecule has 0 spiro atoms. The van der Waals surface area contributed by atoms with Gasteiger partial charge in [-0.2, -0.15) is 0 Å². The molecule has 0 saturated carbocycles. The van der Waals surface area contributed by atoms with Crippen LogP contribution in [0.15, 0.2) is 12.7 Å². The Labute approximate surface area is 109 Å². The predicted octanol–water partition coefficient (Wildman–Crippen LogP) is 2.78. The highest BCUT2D eigenvalue weighted by Gasteiger charge is 2.50. The Balaban J connectivity index is 1.98. The lowest BCUT2D eigenvalue weighted by atomic mass is 9.83. The normalized spacial score (nSPS) is 32.1. The van der Waals surface area contributed by atoms with Gasteiger partial charge in [0.15, 0.2) is 0 Å². The molecule has 4 heteroatoms. The van der Waals surface area contributed by atoms with Gasteiger partial charge in [-0.25, -0.2) is 4.79 Å². The van der Waals surface area contributed by atoms with Crippen LogP contribution in [0.1, 0.15) is 46.5 Å². The third-order valence-electron chi connectivity index (χ3n) is 3.66. The molecular weight excluding hydrogens is 230 g/mol. The van der Waals surface area contributed by atoms with E-state index in [0.29, 0.717) is 6.10 Å². The van der Waals surface area contributed by atoms with Crippen LogP contribution in [-0.4, -0.2) is 29.4 Å². The van der Waals surface area contributed by atoms with Crippen LogP contribution in [0.2, 0.25) is 0 Å². The summed E-state index contributed by atoms with van der Waals surface area (Å²) in [5.74, 6) is 0. The molecule has 0 aliphatic carbocycles. The SMILES string of the molecule is C=CC(NC(=O)OC(C)(C)C)C12CCC(CC1)O2. The summed E-state index contributed by atoms with van der Waals surface area (Å²) in [6, 6.07) is -0.167. The van der Waals surface area contributed by atoms with Crippen molar-refractivity contribution in [3.05, 3.63) is 12.7 Å². The molecule has 1 atom stereocenters. The number of fused-ring (bicyclic) bond motifs is 2. The molecule has 2 heterocycles. The highest BCUT2D eigenvalue weighted by atomic mass is 16.6. The van der Waals surface area contributed by atoms with Crippen molar-refractivity contribution in [2.45, 2.75) is 69.8 Å². The minimum Gasteiger partial charge on any atom is -0.444 e. The first-order valence-corrected chi connectivity index (χ1v) is 6.64. The Morgan fingerprint density at radius 3 is 2.50 bits per heavy atom. The van der Waals surface area contributed by atoms with E-state index in [2.05, 4.69) is 11.9 Å². The van der Waals surface area contributed by atoms with E-state index in [1.807, 2.05) is 20.8 Å². The van der Waals surface area contributed by atoms with Crippen molar-refractivity contribution in [1.82, 2.24) is 5.32 Å². The number of hydrogen-bond acceptors (Lipinski definition) is 3. The maximum absolute atomic E-state index is 11.8. The zero-order valence-electron chi connectivity index (χ0n) is 11.5. The number of nitrogens with one attached hydrogen (secondary N) is 1. The van der Waals surface area contributed by atoms with Gasteiger partial charge in [-0.05, 0) is 46.5 Å². The van der Waals surface area contributed by atoms with Crippen molar-refractivity contribution in [2.24, 2.45) is 0 Å². The number of carbonyl (C=O) groups excluding carboxylic acids is 1. The average molecular weight is 253 g/mol. The largest absolute Gasteiger partial charge is 0.444 e. The van der Waals surface area contributed by atoms with Gasteiger partial charge in [0.25, 0.3) is 0 Å². The smallest absolute Gasteiger partial charge is 0.408 e. The minimum absolute atomic E-state index is 0.167. The molecule has 1 N–H and O–H groups in total. The fourth-order valence-corrected chi connectivity index (χ4v) is 2.87. The third-order valence-corrected chi connectivity index (χ3v) is 3.66. The van der Waals surface area contributed by atoms with E-state index < -0.39 is 11.7 Å². The first-order chi connectivity index (χ1) is 8.35. The van der Waals surface area contributed by atoms with Crippen LogP contribution >= 0.6 is 0 Å². The molecule has 0 radical (unpaired) electrons. The van der Waals surface area contributed by atoms with E-state index in [0.717, 1.165) is 25.7 Å². The Morgan fingerprint density at radius 2 is 2.11 bits per heavy atom. The summed E-state index contributed by atoms with van der Waals surface area (Å²) < 4.78 is 11.3. The molecule has 2 fully saturated rings. The molecule has 1 amide bonds. The molecule has 4 nitrogen and oxygen atoms in total. The fraction of sp³-hybridized carbons (Fsp3) is 0.786. The van der Waals surface area contributed by atoms with Gasteiger partial charge >= 0.3 is 6.09 Å². The summed E-state index contributed by atoms with van der Waals surface area (Å²) in [4.78, 5) is 11.8.